The third-order valence-electron chi connectivity index (χ3n) is 4.55. The lowest BCUT2D eigenvalue weighted by atomic mass is 10.1. The van der Waals surface area contributed by atoms with Crippen LogP contribution in [0.15, 0.2) is 17.1 Å². The van der Waals surface area contributed by atoms with Crippen molar-refractivity contribution >= 4 is 17.6 Å². The zero-order chi connectivity index (χ0) is 23.5. The van der Waals surface area contributed by atoms with Crippen LogP contribution in [0.2, 0.25) is 0 Å². The minimum Gasteiger partial charge on any atom is -0.369 e. The average Bonchev–Trinajstić information content (AvgIpc) is 2.68. The second-order valence-corrected chi connectivity index (χ2v) is 7.49. The number of nitrogens with two attached hydrogens (primary N) is 1. The quantitative estimate of drug-likeness (QED) is 0.155. The first kappa shape index (κ1) is 21.1. The number of guanidine groups is 1. The number of unbranched alkanes of at least 4 members (excludes halogenated alkanes) is 11. The summed E-state index contributed by atoms with van der Waals surface area (Å²) in [6.07, 6.45) is 20.1. The fourth-order valence-corrected chi connectivity index (χ4v) is 2.89. The number of hydrogen-bond donors (Lipinski definition) is 1. The summed E-state index contributed by atoms with van der Waals surface area (Å²) < 4.78 is 22.2. The van der Waals surface area contributed by atoms with Crippen LogP contribution in [-0.4, -0.2) is 36.1 Å². The van der Waals surface area contributed by atoms with E-state index in [1.165, 1.54) is 58.3 Å². The molecule has 0 heterocycles. The van der Waals surface area contributed by atoms with E-state index in [1.807, 2.05) is 0 Å². The van der Waals surface area contributed by atoms with Crippen molar-refractivity contribution < 1.29 is 13.7 Å². The van der Waals surface area contributed by atoms with Gasteiger partial charge in [-0.25, -0.2) is 0 Å². The van der Waals surface area contributed by atoms with Gasteiger partial charge in [0, 0.05) is 17.5 Å². The first-order valence-corrected chi connectivity index (χ1v) is 11.0. The summed E-state index contributed by atoms with van der Waals surface area (Å²) >= 11 is 0. The van der Waals surface area contributed by atoms with Crippen LogP contribution in [0.5, 0.6) is 0 Å². The van der Waals surface area contributed by atoms with E-state index < -0.39 is 25.4 Å². The normalized spacial score (nSPS) is 13.9. The molecule has 5 nitrogen and oxygen atoms in total. The van der Waals surface area contributed by atoms with Crippen molar-refractivity contribution in [3.8, 4) is 0 Å². The smallest absolute Gasteiger partial charge is 0.248 e. The zero-order valence-corrected chi connectivity index (χ0v) is 18.0. The highest BCUT2D eigenvalue weighted by Gasteiger charge is 2.07. The van der Waals surface area contributed by atoms with Gasteiger partial charge in [-0.1, -0.05) is 70.4 Å². The molecule has 0 fully saturated rings. The van der Waals surface area contributed by atoms with E-state index in [9.17, 15) is 9.59 Å². The molecule has 0 saturated heterocycles. The highest BCUT2D eigenvalue weighted by Crippen LogP contribution is 2.10. The number of nitrogens with zero attached hydrogens (tertiary/aromatic N) is 2. The Kier molecular flexibility index (Phi) is 14.1. The number of carbonyl (C=O) groups is 2. The molecule has 0 aliphatic carbocycles. The van der Waals surface area contributed by atoms with E-state index in [-0.39, 0.29) is 12.2 Å². The molecule has 1 amide bonds. The minimum atomic E-state index is -2.61. The van der Waals surface area contributed by atoms with Crippen molar-refractivity contribution in [2.24, 2.45) is 10.7 Å². The van der Waals surface area contributed by atoms with Crippen molar-refractivity contribution in [2.75, 3.05) is 13.5 Å². The minimum absolute atomic E-state index is 0.220. The van der Waals surface area contributed by atoms with Gasteiger partial charge in [-0.05, 0) is 39.0 Å². The summed E-state index contributed by atoms with van der Waals surface area (Å²) in [7, 11) is 0. The lowest BCUT2D eigenvalue weighted by Crippen LogP contribution is -2.37. The topological polar surface area (TPSA) is 75.8 Å². The third-order valence-corrected chi connectivity index (χ3v) is 4.55. The van der Waals surface area contributed by atoms with Gasteiger partial charge in [0.15, 0.2) is 5.96 Å². The Balaban J connectivity index is 3.86. The molecule has 0 saturated carbocycles. The number of rotatable bonds is 17. The molecule has 2 N–H and O–H groups in total. The number of amides is 1. The van der Waals surface area contributed by atoms with Crippen LogP contribution in [-0.2, 0) is 9.59 Å². The van der Waals surface area contributed by atoms with Crippen LogP contribution in [0.3, 0.4) is 0 Å². The SMILES string of the molecule is [2H]C([2H])([2H])N(CC(C)=O)C(N)=NC(=O)CCCCC/C=C\CCCCCCCCCC. The maximum atomic E-state index is 11.9. The Morgan fingerprint density at radius 3 is 2.00 bits per heavy atom. The molecule has 0 atom stereocenters. The van der Waals surface area contributed by atoms with E-state index >= 15 is 0 Å². The lowest BCUT2D eigenvalue weighted by Gasteiger charge is -2.15. The molecule has 0 aliphatic heterocycles. The molecule has 0 unspecified atom stereocenters. The number of allylic oxidation sites excluding steroid dienone is 2. The molecule has 0 bridgehead atoms. The number of hydrogen-bond acceptors (Lipinski definition) is 2. The Morgan fingerprint density at radius 2 is 1.46 bits per heavy atom. The summed E-state index contributed by atoms with van der Waals surface area (Å²) in [6.45, 7) is 0.497. The fraction of sp³-hybridized carbons (Fsp3) is 0.783. The maximum absolute atomic E-state index is 11.9. The lowest BCUT2D eigenvalue weighted by molar-refractivity contribution is -0.119. The maximum Gasteiger partial charge on any atom is 0.248 e. The van der Waals surface area contributed by atoms with Crippen LogP contribution in [0.4, 0.5) is 0 Å². The molecule has 0 aromatic carbocycles. The molecular formula is C23H43N3O2. The van der Waals surface area contributed by atoms with Gasteiger partial charge in [0.1, 0.15) is 5.78 Å². The molecule has 5 heteroatoms. The molecule has 0 aromatic rings. The largest absolute Gasteiger partial charge is 0.369 e. The van der Waals surface area contributed by atoms with Gasteiger partial charge in [0.25, 0.3) is 0 Å². The van der Waals surface area contributed by atoms with E-state index in [4.69, 9.17) is 9.85 Å². The number of aliphatic imine (C=N–C) groups is 1. The summed E-state index contributed by atoms with van der Waals surface area (Å²) in [4.78, 5) is 27.5. The predicted octanol–water partition coefficient (Wildman–Crippen LogP) is 5.39. The summed E-state index contributed by atoms with van der Waals surface area (Å²) in [5.74, 6) is -1.25. The molecular weight excluding hydrogens is 350 g/mol. The molecule has 162 valence electrons. The molecule has 0 aromatic heterocycles. The van der Waals surface area contributed by atoms with Crippen LogP contribution in [0, 0.1) is 0 Å². The summed E-state index contributed by atoms with van der Waals surface area (Å²) in [5.41, 5.74) is 5.64. The third kappa shape index (κ3) is 17.7. The van der Waals surface area contributed by atoms with Crippen LogP contribution in [0.25, 0.3) is 0 Å². The van der Waals surface area contributed by atoms with Crippen molar-refractivity contribution in [3.05, 3.63) is 12.2 Å². The Hall–Kier alpha value is -1.65. The van der Waals surface area contributed by atoms with E-state index in [2.05, 4.69) is 24.1 Å². The summed E-state index contributed by atoms with van der Waals surface area (Å²) in [5, 5.41) is 0. The van der Waals surface area contributed by atoms with Crippen LogP contribution >= 0.6 is 0 Å². The van der Waals surface area contributed by atoms with E-state index in [0.717, 1.165) is 25.7 Å². The van der Waals surface area contributed by atoms with Crippen molar-refractivity contribution in [1.82, 2.24) is 4.90 Å². The highest BCUT2D eigenvalue weighted by molar-refractivity contribution is 5.93. The van der Waals surface area contributed by atoms with E-state index in [1.54, 1.807) is 0 Å². The standard InChI is InChI=1S/C23H43N3O2/c1-4-5-6-7-8-9-10-11-12-13-14-15-16-17-18-19-22(28)25-23(24)26(3)20-21(2)27/h13-14H,4-12,15-20H2,1-3H3,(H2,24,25,28)/b14-13-/i3D3. The number of likely N-dealkylation sites (N-methyl/N-ethyl adjacent to an activating group) is 1. The monoisotopic (exact) mass is 396 g/mol. The molecule has 0 aliphatic rings. The van der Waals surface area contributed by atoms with Crippen LogP contribution in [0.1, 0.15) is 108 Å². The van der Waals surface area contributed by atoms with Gasteiger partial charge in [0.2, 0.25) is 5.91 Å². The highest BCUT2D eigenvalue weighted by atomic mass is 16.1. The molecule has 0 radical (unpaired) electrons. The van der Waals surface area contributed by atoms with Gasteiger partial charge in [-0.15, -0.1) is 0 Å². The first-order chi connectivity index (χ1) is 14.7. The summed E-state index contributed by atoms with van der Waals surface area (Å²) in [6, 6.07) is 0. The Morgan fingerprint density at radius 1 is 0.929 bits per heavy atom. The van der Waals surface area contributed by atoms with Crippen molar-refractivity contribution in [2.45, 2.75) is 104 Å². The molecule has 0 rings (SSSR count). The molecule has 0 spiro atoms. The van der Waals surface area contributed by atoms with E-state index in [0.29, 0.717) is 11.3 Å². The predicted molar refractivity (Wildman–Crippen MR) is 119 cm³/mol. The zero-order valence-electron chi connectivity index (χ0n) is 21.0. The Bertz CT molecular complexity index is 561. The van der Waals surface area contributed by atoms with Crippen LogP contribution < -0.4 is 5.73 Å². The van der Waals surface area contributed by atoms with Crippen molar-refractivity contribution in [1.29, 1.82) is 0 Å². The second kappa shape index (κ2) is 18.7. The number of carbonyl (C=O) groups excluding carboxylic acids is 2. The second-order valence-electron chi connectivity index (χ2n) is 7.49. The fourth-order valence-electron chi connectivity index (χ4n) is 2.89. The van der Waals surface area contributed by atoms with Gasteiger partial charge in [0.05, 0.1) is 6.54 Å². The van der Waals surface area contributed by atoms with Gasteiger partial charge < -0.3 is 10.6 Å². The number of ketones is 1. The van der Waals surface area contributed by atoms with Gasteiger partial charge >= 0.3 is 0 Å². The average molecular weight is 397 g/mol. The number of Topliss-reactive ketones (excluding diaryl/α,β-unsaturated/α-hetero) is 1. The first-order valence-electron chi connectivity index (χ1n) is 12.5. The van der Waals surface area contributed by atoms with Crippen molar-refractivity contribution in [3.63, 3.8) is 0 Å². The van der Waals surface area contributed by atoms with Gasteiger partial charge in [-0.3, -0.25) is 9.59 Å². The van der Waals surface area contributed by atoms with Gasteiger partial charge in [-0.2, -0.15) is 4.99 Å². The molecule has 28 heavy (non-hydrogen) atoms. The Labute approximate surface area is 177 Å².